The van der Waals surface area contributed by atoms with E-state index in [1.165, 1.54) is 45.1 Å². The number of thioether (sulfide) groups is 1. The predicted molar refractivity (Wildman–Crippen MR) is 91.9 cm³/mol. The molecule has 0 aliphatic heterocycles. The van der Waals surface area contributed by atoms with Crippen molar-refractivity contribution in [2.45, 2.75) is 26.8 Å². The minimum Gasteiger partial charge on any atom is -0.340 e. The van der Waals surface area contributed by atoms with Gasteiger partial charge < -0.3 is 4.57 Å². The Bertz CT molecular complexity index is 696. The van der Waals surface area contributed by atoms with E-state index in [-0.39, 0.29) is 0 Å². The molecular formula is C18H21NS. The van der Waals surface area contributed by atoms with Crippen LogP contribution in [0, 0.1) is 13.8 Å². The smallest absolute Gasteiger partial charge is 0.0494 e. The first-order chi connectivity index (χ1) is 9.70. The molecule has 0 unspecified atom stereocenters. The molecule has 104 valence electrons. The summed E-state index contributed by atoms with van der Waals surface area (Å²) in [5.74, 6) is 1.22. The number of nitrogens with zero attached hydrogens (tertiary/aromatic N) is 1. The van der Waals surface area contributed by atoms with Crippen LogP contribution in [0.5, 0.6) is 0 Å². The monoisotopic (exact) mass is 283 g/mol. The van der Waals surface area contributed by atoms with E-state index in [0.717, 1.165) is 6.54 Å². The van der Waals surface area contributed by atoms with Gasteiger partial charge >= 0.3 is 0 Å². The summed E-state index contributed by atoms with van der Waals surface area (Å²) in [6.45, 7) is 5.46. The molecule has 20 heavy (non-hydrogen) atoms. The Morgan fingerprint density at radius 1 is 0.900 bits per heavy atom. The first-order valence-electron chi connectivity index (χ1n) is 7.19. The molecule has 1 nitrogen and oxygen atoms in total. The van der Waals surface area contributed by atoms with Crippen LogP contribution in [0.1, 0.15) is 17.5 Å². The number of fused-ring (bicyclic) bond motifs is 3. The van der Waals surface area contributed by atoms with Crippen molar-refractivity contribution < 1.29 is 0 Å². The highest BCUT2D eigenvalue weighted by molar-refractivity contribution is 7.98. The Labute approximate surface area is 125 Å². The number of hydrogen-bond acceptors (Lipinski definition) is 1. The van der Waals surface area contributed by atoms with Crippen LogP contribution in [0.4, 0.5) is 0 Å². The molecule has 0 fully saturated rings. The van der Waals surface area contributed by atoms with Crippen LogP contribution >= 0.6 is 11.8 Å². The van der Waals surface area contributed by atoms with Crippen molar-refractivity contribution in [3.8, 4) is 0 Å². The molecular weight excluding hydrogens is 262 g/mol. The van der Waals surface area contributed by atoms with Gasteiger partial charge in [0.05, 0.1) is 0 Å². The van der Waals surface area contributed by atoms with E-state index in [1.54, 1.807) is 0 Å². The zero-order valence-corrected chi connectivity index (χ0v) is 13.3. The molecule has 0 N–H and O–H groups in total. The van der Waals surface area contributed by atoms with E-state index in [0.29, 0.717) is 0 Å². The maximum absolute atomic E-state index is 2.50. The SMILES string of the molecule is CSCCCn1c2cc(C)ccc2c2ccc(C)cc21. The minimum atomic E-state index is 1.10. The highest BCUT2D eigenvalue weighted by atomic mass is 32.2. The van der Waals surface area contributed by atoms with E-state index >= 15 is 0 Å². The third-order valence-corrected chi connectivity index (χ3v) is 4.61. The summed E-state index contributed by atoms with van der Waals surface area (Å²) >= 11 is 1.93. The molecule has 1 aromatic heterocycles. The molecule has 0 atom stereocenters. The Morgan fingerprint density at radius 3 is 1.95 bits per heavy atom. The maximum atomic E-state index is 2.50. The van der Waals surface area contributed by atoms with Crippen molar-refractivity contribution >= 4 is 33.6 Å². The van der Waals surface area contributed by atoms with Gasteiger partial charge in [0.25, 0.3) is 0 Å². The van der Waals surface area contributed by atoms with Gasteiger partial charge in [0.15, 0.2) is 0 Å². The number of aromatic nitrogens is 1. The van der Waals surface area contributed by atoms with Crippen LogP contribution in [0.2, 0.25) is 0 Å². The molecule has 0 radical (unpaired) electrons. The summed E-state index contributed by atoms with van der Waals surface area (Å²) in [4.78, 5) is 0. The molecule has 0 saturated carbocycles. The quantitative estimate of drug-likeness (QED) is 0.598. The normalized spacial score (nSPS) is 11.6. The molecule has 0 saturated heterocycles. The zero-order valence-electron chi connectivity index (χ0n) is 12.4. The van der Waals surface area contributed by atoms with Gasteiger partial charge in [-0.25, -0.2) is 0 Å². The van der Waals surface area contributed by atoms with Crippen molar-refractivity contribution in [3.63, 3.8) is 0 Å². The van der Waals surface area contributed by atoms with E-state index in [1.807, 2.05) is 11.8 Å². The van der Waals surface area contributed by atoms with Gasteiger partial charge in [-0.2, -0.15) is 11.8 Å². The largest absolute Gasteiger partial charge is 0.340 e. The van der Waals surface area contributed by atoms with E-state index < -0.39 is 0 Å². The second kappa shape index (κ2) is 5.53. The highest BCUT2D eigenvalue weighted by Crippen LogP contribution is 2.30. The Morgan fingerprint density at radius 2 is 1.45 bits per heavy atom. The molecule has 2 heteroatoms. The van der Waals surface area contributed by atoms with Crippen LogP contribution in [-0.4, -0.2) is 16.6 Å². The number of benzene rings is 2. The lowest BCUT2D eigenvalue weighted by atomic mass is 10.1. The van der Waals surface area contributed by atoms with E-state index in [9.17, 15) is 0 Å². The van der Waals surface area contributed by atoms with Crippen LogP contribution in [-0.2, 0) is 6.54 Å². The summed E-state index contributed by atoms with van der Waals surface area (Å²) < 4.78 is 2.50. The van der Waals surface area contributed by atoms with Gasteiger partial charge in [-0.3, -0.25) is 0 Å². The Balaban J connectivity index is 2.24. The van der Waals surface area contributed by atoms with Crippen molar-refractivity contribution in [2.24, 2.45) is 0 Å². The fraction of sp³-hybridized carbons (Fsp3) is 0.333. The van der Waals surface area contributed by atoms with Gasteiger partial charge in [-0.05, 0) is 55.5 Å². The van der Waals surface area contributed by atoms with Crippen molar-refractivity contribution in [1.29, 1.82) is 0 Å². The Hall–Kier alpha value is -1.41. The number of aryl methyl sites for hydroxylation is 3. The molecule has 0 aliphatic rings. The third kappa shape index (κ3) is 2.33. The molecule has 0 spiro atoms. The minimum absolute atomic E-state index is 1.10. The lowest BCUT2D eigenvalue weighted by molar-refractivity contribution is 0.730. The standard InChI is InChI=1S/C18H21NS/c1-13-5-7-15-16-8-6-14(2)12-18(16)19(17(15)11-13)9-4-10-20-3/h5-8,11-12H,4,9-10H2,1-3H3. The Kier molecular flexibility index (Phi) is 3.75. The summed E-state index contributed by atoms with van der Waals surface area (Å²) in [7, 11) is 0. The zero-order chi connectivity index (χ0) is 14.1. The van der Waals surface area contributed by atoms with Gasteiger partial charge in [0.1, 0.15) is 0 Å². The molecule has 1 heterocycles. The maximum Gasteiger partial charge on any atom is 0.0494 e. The van der Waals surface area contributed by atoms with E-state index in [2.05, 4.69) is 61.1 Å². The van der Waals surface area contributed by atoms with Crippen molar-refractivity contribution in [2.75, 3.05) is 12.0 Å². The van der Waals surface area contributed by atoms with Crippen LogP contribution in [0.3, 0.4) is 0 Å². The summed E-state index contributed by atoms with van der Waals surface area (Å²) in [6.07, 6.45) is 3.40. The van der Waals surface area contributed by atoms with Crippen LogP contribution in [0.25, 0.3) is 21.8 Å². The van der Waals surface area contributed by atoms with E-state index in [4.69, 9.17) is 0 Å². The van der Waals surface area contributed by atoms with Gasteiger partial charge in [0.2, 0.25) is 0 Å². The first-order valence-corrected chi connectivity index (χ1v) is 8.58. The van der Waals surface area contributed by atoms with Crippen molar-refractivity contribution in [3.05, 3.63) is 47.5 Å². The second-order valence-corrected chi connectivity index (χ2v) is 6.52. The summed E-state index contributed by atoms with van der Waals surface area (Å²) in [6, 6.07) is 13.6. The molecule has 3 rings (SSSR count). The lowest BCUT2D eigenvalue weighted by Gasteiger charge is -2.07. The summed E-state index contributed by atoms with van der Waals surface area (Å²) in [5.41, 5.74) is 5.43. The topological polar surface area (TPSA) is 4.93 Å². The predicted octanol–water partition coefficient (Wildman–Crippen LogP) is 5.16. The lowest BCUT2D eigenvalue weighted by Crippen LogP contribution is -1.99. The molecule has 2 aromatic carbocycles. The summed E-state index contributed by atoms with van der Waals surface area (Å²) in [5, 5.41) is 2.77. The van der Waals surface area contributed by atoms with Gasteiger partial charge in [-0.15, -0.1) is 0 Å². The average Bonchev–Trinajstić information content (AvgIpc) is 2.72. The number of rotatable bonds is 4. The molecule has 0 amide bonds. The molecule has 0 aliphatic carbocycles. The molecule has 0 bridgehead atoms. The van der Waals surface area contributed by atoms with Crippen molar-refractivity contribution in [1.82, 2.24) is 4.57 Å². The van der Waals surface area contributed by atoms with Crippen LogP contribution in [0.15, 0.2) is 36.4 Å². The second-order valence-electron chi connectivity index (χ2n) is 5.54. The first kappa shape index (κ1) is 13.6. The molecule has 3 aromatic rings. The fourth-order valence-corrected chi connectivity index (χ4v) is 3.34. The van der Waals surface area contributed by atoms with Crippen LogP contribution < -0.4 is 0 Å². The third-order valence-electron chi connectivity index (χ3n) is 3.91. The fourth-order valence-electron chi connectivity index (χ4n) is 2.92. The number of hydrogen-bond donors (Lipinski definition) is 0. The average molecular weight is 283 g/mol. The van der Waals surface area contributed by atoms with Gasteiger partial charge in [0, 0.05) is 28.4 Å². The highest BCUT2D eigenvalue weighted by Gasteiger charge is 2.10. The van der Waals surface area contributed by atoms with Gasteiger partial charge in [-0.1, -0.05) is 24.3 Å².